The van der Waals surface area contributed by atoms with Crippen molar-refractivity contribution in [1.82, 2.24) is 4.98 Å². The van der Waals surface area contributed by atoms with Crippen molar-refractivity contribution in [2.45, 2.75) is 0 Å². The molecule has 1 heterocycles. The van der Waals surface area contributed by atoms with Gasteiger partial charge in [-0.3, -0.25) is 9.78 Å². The van der Waals surface area contributed by atoms with Crippen molar-refractivity contribution < 1.29 is 9.18 Å². The molecule has 70 valence electrons. The van der Waals surface area contributed by atoms with Gasteiger partial charge in [0.25, 0.3) is 0 Å². The van der Waals surface area contributed by atoms with E-state index >= 15 is 0 Å². The molecule has 1 amide bonds. The van der Waals surface area contributed by atoms with Crippen LogP contribution in [0.5, 0.6) is 0 Å². The molecule has 14 heavy (non-hydrogen) atoms. The van der Waals surface area contributed by atoms with E-state index in [4.69, 9.17) is 5.73 Å². The van der Waals surface area contributed by atoms with Gasteiger partial charge in [0.15, 0.2) is 0 Å². The SMILES string of the molecule is NC(=O)c1ccc(F)c2cnccc12. The third kappa shape index (κ3) is 1.21. The fraction of sp³-hybridized carbons (Fsp3) is 0. The maximum Gasteiger partial charge on any atom is 0.249 e. The van der Waals surface area contributed by atoms with Crippen molar-refractivity contribution in [3.05, 3.63) is 42.0 Å². The van der Waals surface area contributed by atoms with E-state index in [-0.39, 0.29) is 0 Å². The third-order valence-corrected chi connectivity index (χ3v) is 2.03. The molecule has 0 aliphatic rings. The summed E-state index contributed by atoms with van der Waals surface area (Å²) in [6.45, 7) is 0. The Bertz CT molecular complexity index is 510. The molecular formula is C10H7FN2O. The van der Waals surface area contributed by atoms with Crippen LogP contribution in [-0.2, 0) is 0 Å². The Labute approximate surface area is 79.4 Å². The predicted octanol–water partition coefficient (Wildman–Crippen LogP) is 1.47. The highest BCUT2D eigenvalue weighted by Gasteiger charge is 2.08. The lowest BCUT2D eigenvalue weighted by molar-refractivity contribution is 0.100. The van der Waals surface area contributed by atoms with Crippen LogP contribution in [0.3, 0.4) is 0 Å². The van der Waals surface area contributed by atoms with Gasteiger partial charge in [-0.1, -0.05) is 0 Å². The van der Waals surface area contributed by atoms with E-state index in [1.807, 2.05) is 0 Å². The van der Waals surface area contributed by atoms with Crippen LogP contribution in [0.1, 0.15) is 10.4 Å². The van der Waals surface area contributed by atoms with Crippen LogP contribution in [0, 0.1) is 5.82 Å². The predicted molar refractivity (Wildman–Crippen MR) is 50.2 cm³/mol. The second-order valence-electron chi connectivity index (χ2n) is 2.88. The molecule has 3 nitrogen and oxygen atoms in total. The summed E-state index contributed by atoms with van der Waals surface area (Å²) in [6.07, 6.45) is 2.87. The minimum absolute atomic E-state index is 0.309. The number of carbonyl (C=O) groups is 1. The molecule has 0 aliphatic heterocycles. The lowest BCUT2D eigenvalue weighted by Crippen LogP contribution is -2.11. The molecule has 0 unspecified atom stereocenters. The monoisotopic (exact) mass is 190 g/mol. The zero-order chi connectivity index (χ0) is 10.1. The standard InChI is InChI=1S/C10H7FN2O/c11-9-2-1-7(10(12)14)6-3-4-13-5-8(6)9/h1-5H,(H2,12,14). The summed E-state index contributed by atoms with van der Waals surface area (Å²) in [5, 5.41) is 0.802. The van der Waals surface area contributed by atoms with Crippen molar-refractivity contribution >= 4 is 16.7 Å². The Morgan fingerprint density at radius 1 is 1.29 bits per heavy atom. The Morgan fingerprint density at radius 2 is 2.07 bits per heavy atom. The summed E-state index contributed by atoms with van der Waals surface area (Å²) in [4.78, 5) is 14.8. The van der Waals surface area contributed by atoms with E-state index < -0.39 is 11.7 Å². The smallest absolute Gasteiger partial charge is 0.249 e. The summed E-state index contributed by atoms with van der Waals surface area (Å²) in [6, 6.07) is 4.16. The lowest BCUT2D eigenvalue weighted by Gasteiger charge is -2.02. The number of fused-ring (bicyclic) bond motifs is 1. The number of nitrogens with zero attached hydrogens (tertiary/aromatic N) is 1. The highest BCUT2D eigenvalue weighted by Crippen LogP contribution is 2.20. The van der Waals surface area contributed by atoms with Gasteiger partial charge < -0.3 is 5.73 Å². The first kappa shape index (κ1) is 8.62. The van der Waals surface area contributed by atoms with Crippen molar-refractivity contribution in [2.75, 3.05) is 0 Å². The number of primary amides is 1. The van der Waals surface area contributed by atoms with Gasteiger partial charge in [0, 0.05) is 28.7 Å². The minimum Gasteiger partial charge on any atom is -0.366 e. The zero-order valence-electron chi connectivity index (χ0n) is 7.20. The lowest BCUT2D eigenvalue weighted by atomic mass is 10.1. The van der Waals surface area contributed by atoms with Crippen LogP contribution < -0.4 is 5.73 Å². The van der Waals surface area contributed by atoms with E-state index in [2.05, 4.69) is 4.98 Å². The molecule has 0 saturated heterocycles. The molecule has 2 aromatic rings. The number of rotatable bonds is 1. The van der Waals surface area contributed by atoms with E-state index in [0.717, 1.165) is 0 Å². The number of nitrogens with two attached hydrogens (primary N) is 1. The molecule has 0 bridgehead atoms. The molecule has 0 atom stereocenters. The van der Waals surface area contributed by atoms with Gasteiger partial charge in [0.05, 0.1) is 0 Å². The second-order valence-corrected chi connectivity index (χ2v) is 2.88. The third-order valence-electron chi connectivity index (χ3n) is 2.03. The summed E-state index contributed by atoms with van der Waals surface area (Å²) in [5.74, 6) is -0.973. The maximum absolute atomic E-state index is 13.2. The topological polar surface area (TPSA) is 56.0 Å². The first-order valence-corrected chi connectivity index (χ1v) is 4.02. The molecule has 1 aromatic carbocycles. The first-order valence-electron chi connectivity index (χ1n) is 4.02. The van der Waals surface area contributed by atoms with E-state index in [1.54, 1.807) is 6.07 Å². The van der Waals surface area contributed by atoms with E-state index in [9.17, 15) is 9.18 Å². The number of carbonyl (C=O) groups excluding carboxylic acids is 1. The molecule has 1 aromatic heterocycles. The number of amides is 1. The van der Waals surface area contributed by atoms with Crippen LogP contribution in [0.4, 0.5) is 4.39 Å². The van der Waals surface area contributed by atoms with Crippen LogP contribution in [0.2, 0.25) is 0 Å². The van der Waals surface area contributed by atoms with Crippen LogP contribution in [0.15, 0.2) is 30.6 Å². The van der Waals surface area contributed by atoms with Gasteiger partial charge in [-0.05, 0) is 18.2 Å². The normalized spacial score (nSPS) is 10.4. The Hall–Kier alpha value is -1.97. The Kier molecular flexibility index (Phi) is 1.89. The van der Waals surface area contributed by atoms with Crippen molar-refractivity contribution in [3.63, 3.8) is 0 Å². The van der Waals surface area contributed by atoms with Gasteiger partial charge in [0.1, 0.15) is 5.82 Å². The number of hydrogen-bond acceptors (Lipinski definition) is 2. The minimum atomic E-state index is -0.568. The largest absolute Gasteiger partial charge is 0.366 e. The number of halogens is 1. The molecule has 0 aliphatic carbocycles. The van der Waals surface area contributed by atoms with Gasteiger partial charge in [0.2, 0.25) is 5.91 Å². The molecule has 0 saturated carbocycles. The second kappa shape index (κ2) is 3.06. The van der Waals surface area contributed by atoms with Gasteiger partial charge >= 0.3 is 0 Å². The number of benzene rings is 1. The highest BCUT2D eigenvalue weighted by atomic mass is 19.1. The fourth-order valence-corrected chi connectivity index (χ4v) is 1.37. The maximum atomic E-state index is 13.2. The average molecular weight is 190 g/mol. The first-order chi connectivity index (χ1) is 6.70. The summed E-state index contributed by atoms with van der Waals surface area (Å²) < 4.78 is 13.2. The summed E-state index contributed by atoms with van der Waals surface area (Å²) in [5.41, 5.74) is 5.46. The van der Waals surface area contributed by atoms with Crippen molar-refractivity contribution in [3.8, 4) is 0 Å². The molecule has 0 radical (unpaired) electrons. The Morgan fingerprint density at radius 3 is 2.79 bits per heavy atom. The summed E-state index contributed by atoms with van der Waals surface area (Å²) >= 11 is 0. The van der Waals surface area contributed by atoms with Crippen LogP contribution in [0.25, 0.3) is 10.8 Å². The van der Waals surface area contributed by atoms with E-state index in [0.29, 0.717) is 16.3 Å². The van der Waals surface area contributed by atoms with Gasteiger partial charge in [-0.25, -0.2) is 4.39 Å². The molecular weight excluding hydrogens is 183 g/mol. The number of pyridine rings is 1. The van der Waals surface area contributed by atoms with E-state index in [1.165, 1.54) is 24.5 Å². The van der Waals surface area contributed by atoms with Crippen molar-refractivity contribution in [1.29, 1.82) is 0 Å². The number of hydrogen-bond donors (Lipinski definition) is 1. The fourth-order valence-electron chi connectivity index (χ4n) is 1.37. The molecule has 0 fully saturated rings. The quantitative estimate of drug-likeness (QED) is 0.740. The number of aromatic nitrogens is 1. The highest BCUT2D eigenvalue weighted by molar-refractivity contribution is 6.06. The van der Waals surface area contributed by atoms with Crippen molar-refractivity contribution in [2.24, 2.45) is 5.73 Å². The van der Waals surface area contributed by atoms with Gasteiger partial charge in [-0.2, -0.15) is 0 Å². The molecule has 2 N–H and O–H groups in total. The zero-order valence-corrected chi connectivity index (χ0v) is 7.20. The van der Waals surface area contributed by atoms with Gasteiger partial charge in [-0.15, -0.1) is 0 Å². The average Bonchev–Trinajstić information content (AvgIpc) is 2.18. The molecule has 4 heteroatoms. The molecule has 2 rings (SSSR count). The van der Waals surface area contributed by atoms with Crippen LogP contribution in [-0.4, -0.2) is 10.9 Å². The molecule has 0 spiro atoms. The Balaban J connectivity index is 2.88. The van der Waals surface area contributed by atoms with Crippen LogP contribution >= 0.6 is 0 Å². The summed E-state index contributed by atoms with van der Waals surface area (Å²) in [7, 11) is 0.